The number of carbonyl (C=O) groups is 2. The summed E-state index contributed by atoms with van der Waals surface area (Å²) in [6.45, 7) is -0.0847. The Morgan fingerprint density at radius 3 is 2.92 bits per heavy atom. The minimum atomic E-state index is -0.322. The third-order valence-electron chi connectivity index (χ3n) is 3.19. The maximum absolute atomic E-state index is 12.1. The van der Waals surface area contributed by atoms with Crippen molar-refractivity contribution in [2.24, 2.45) is 0 Å². The first-order valence-electron chi connectivity index (χ1n) is 7.13. The van der Waals surface area contributed by atoms with Gasteiger partial charge in [0.05, 0.1) is 23.7 Å². The van der Waals surface area contributed by atoms with Crippen LogP contribution in [0.15, 0.2) is 30.7 Å². The zero-order chi connectivity index (χ0) is 17.1. The summed E-state index contributed by atoms with van der Waals surface area (Å²) >= 11 is 0. The number of aromatic nitrogens is 5. The Labute approximate surface area is 136 Å². The zero-order valence-electron chi connectivity index (χ0n) is 13.1. The smallest absolute Gasteiger partial charge is 0.322 e. The van der Waals surface area contributed by atoms with E-state index < -0.39 is 0 Å². The molecular weight excluding hydrogens is 312 g/mol. The minimum Gasteiger partial charge on any atom is -0.345 e. The van der Waals surface area contributed by atoms with Gasteiger partial charge in [-0.05, 0) is 12.1 Å². The highest BCUT2D eigenvalue weighted by atomic mass is 16.2. The number of rotatable bonds is 4. The van der Waals surface area contributed by atoms with Crippen molar-refractivity contribution in [2.45, 2.75) is 6.54 Å². The first kappa shape index (κ1) is 15.5. The molecule has 10 nitrogen and oxygen atoms in total. The molecule has 0 aliphatic heterocycles. The number of nitrogens with one attached hydrogen (secondary N) is 3. The number of imidazole rings is 1. The summed E-state index contributed by atoms with van der Waals surface area (Å²) in [6.07, 6.45) is 2.94. The number of fused-ring (bicyclic) bond motifs is 1. The van der Waals surface area contributed by atoms with Crippen molar-refractivity contribution >= 4 is 34.5 Å². The van der Waals surface area contributed by atoms with Crippen LogP contribution in [0.4, 0.5) is 16.3 Å². The van der Waals surface area contributed by atoms with Gasteiger partial charge in [-0.1, -0.05) is 6.07 Å². The Morgan fingerprint density at radius 1 is 1.29 bits per heavy atom. The van der Waals surface area contributed by atoms with Gasteiger partial charge in [0.2, 0.25) is 5.91 Å². The van der Waals surface area contributed by atoms with Crippen molar-refractivity contribution in [1.29, 1.82) is 0 Å². The van der Waals surface area contributed by atoms with Crippen LogP contribution in [0.2, 0.25) is 0 Å². The minimum absolute atomic E-state index is 0.0847. The molecule has 24 heavy (non-hydrogen) atoms. The maximum atomic E-state index is 12.1. The normalized spacial score (nSPS) is 10.6. The van der Waals surface area contributed by atoms with E-state index in [2.05, 4.69) is 30.8 Å². The topological polar surface area (TPSA) is 121 Å². The molecule has 0 saturated carbocycles. The Balaban J connectivity index is 1.64. The van der Waals surface area contributed by atoms with Gasteiger partial charge in [-0.3, -0.25) is 10.1 Å². The van der Waals surface area contributed by atoms with Crippen LogP contribution in [-0.2, 0) is 11.3 Å². The van der Waals surface area contributed by atoms with Crippen LogP contribution < -0.4 is 10.6 Å². The molecule has 0 aliphatic rings. The molecule has 124 valence electrons. The molecule has 2 heterocycles. The molecule has 0 atom stereocenters. The van der Waals surface area contributed by atoms with Crippen LogP contribution in [0.3, 0.4) is 0 Å². The van der Waals surface area contributed by atoms with Crippen LogP contribution in [-0.4, -0.2) is 55.9 Å². The van der Waals surface area contributed by atoms with E-state index in [-0.39, 0.29) is 24.3 Å². The summed E-state index contributed by atoms with van der Waals surface area (Å²) in [5.74, 6) is -0.0255. The first-order valence-corrected chi connectivity index (χ1v) is 7.13. The van der Waals surface area contributed by atoms with E-state index in [1.165, 1.54) is 15.9 Å². The second kappa shape index (κ2) is 6.36. The molecule has 0 aliphatic carbocycles. The number of para-hydroxylation sites is 1. The van der Waals surface area contributed by atoms with Gasteiger partial charge in [0.25, 0.3) is 0 Å². The lowest BCUT2D eigenvalue weighted by molar-refractivity contribution is -0.117. The van der Waals surface area contributed by atoms with Gasteiger partial charge >= 0.3 is 6.03 Å². The molecule has 3 rings (SSSR count). The quantitative estimate of drug-likeness (QED) is 0.656. The third kappa shape index (κ3) is 3.32. The fourth-order valence-corrected chi connectivity index (χ4v) is 2.04. The fraction of sp³-hybridized carbons (Fsp3) is 0.214. The Hall–Kier alpha value is -3.43. The highest BCUT2D eigenvalue weighted by Gasteiger charge is 2.11. The molecule has 0 bridgehead atoms. The van der Waals surface area contributed by atoms with E-state index in [0.29, 0.717) is 11.2 Å². The van der Waals surface area contributed by atoms with Gasteiger partial charge in [-0.15, -0.1) is 5.10 Å². The number of nitrogens with zero attached hydrogens (tertiary/aromatic N) is 5. The molecular formula is C14H16N8O2. The number of benzene rings is 1. The number of hydrogen-bond acceptors (Lipinski definition) is 5. The van der Waals surface area contributed by atoms with Crippen molar-refractivity contribution in [1.82, 2.24) is 29.9 Å². The average Bonchev–Trinajstić information content (AvgIpc) is 3.17. The average molecular weight is 328 g/mol. The van der Waals surface area contributed by atoms with Gasteiger partial charge in [-0.2, -0.15) is 9.90 Å². The van der Waals surface area contributed by atoms with Crippen LogP contribution in [0.1, 0.15) is 0 Å². The van der Waals surface area contributed by atoms with Gasteiger partial charge in [-0.25, -0.2) is 9.78 Å². The highest BCUT2D eigenvalue weighted by molar-refractivity contribution is 5.99. The number of hydrogen-bond donors (Lipinski definition) is 3. The maximum Gasteiger partial charge on any atom is 0.322 e. The van der Waals surface area contributed by atoms with E-state index in [1.807, 2.05) is 12.1 Å². The fourth-order valence-electron chi connectivity index (χ4n) is 2.04. The summed E-state index contributed by atoms with van der Waals surface area (Å²) in [7, 11) is 3.23. The van der Waals surface area contributed by atoms with Gasteiger partial charge in [0.15, 0.2) is 5.82 Å². The van der Waals surface area contributed by atoms with Crippen LogP contribution in [0, 0.1) is 0 Å². The molecule has 10 heteroatoms. The molecule has 3 amide bonds. The summed E-state index contributed by atoms with van der Waals surface area (Å²) < 4.78 is 0. The van der Waals surface area contributed by atoms with E-state index >= 15 is 0 Å². The summed E-state index contributed by atoms with van der Waals surface area (Å²) in [6, 6.07) is 5.13. The second-order valence-corrected chi connectivity index (χ2v) is 5.24. The van der Waals surface area contributed by atoms with Crippen LogP contribution in [0.5, 0.6) is 0 Å². The summed E-state index contributed by atoms with van der Waals surface area (Å²) in [5, 5.41) is 13.3. The van der Waals surface area contributed by atoms with E-state index in [1.54, 1.807) is 26.5 Å². The number of amides is 3. The molecule has 0 unspecified atom stereocenters. The van der Waals surface area contributed by atoms with E-state index in [9.17, 15) is 9.59 Å². The Kier molecular flexibility index (Phi) is 4.10. The largest absolute Gasteiger partial charge is 0.345 e. The van der Waals surface area contributed by atoms with Crippen molar-refractivity contribution in [3.8, 4) is 0 Å². The third-order valence-corrected chi connectivity index (χ3v) is 3.19. The van der Waals surface area contributed by atoms with Gasteiger partial charge in [0, 0.05) is 14.1 Å². The first-order chi connectivity index (χ1) is 11.5. The Morgan fingerprint density at radius 2 is 2.12 bits per heavy atom. The molecule has 2 aromatic heterocycles. The lowest BCUT2D eigenvalue weighted by Crippen LogP contribution is -2.27. The lowest BCUT2D eigenvalue weighted by Gasteiger charge is -2.09. The standard InChI is InChI=1S/C14H16N8O2/c1-21(2)14(24)19-11-6-17-22(20-11)7-12(23)18-10-5-3-4-9-13(10)16-8-15-9/h3-6,8H,7H2,1-2H3,(H,15,16)(H,18,23)(H,19,20,24). The number of urea groups is 1. The molecule has 0 spiro atoms. The summed E-state index contributed by atoms with van der Waals surface area (Å²) in [4.78, 5) is 33.4. The molecule has 0 radical (unpaired) electrons. The number of H-pyrrole nitrogens is 1. The SMILES string of the molecule is CN(C)C(=O)Nc1cnn(CC(=O)Nc2cccc3[nH]cnc23)n1. The van der Waals surface area contributed by atoms with Gasteiger partial charge < -0.3 is 15.2 Å². The zero-order valence-corrected chi connectivity index (χ0v) is 13.1. The van der Waals surface area contributed by atoms with E-state index in [0.717, 1.165) is 5.52 Å². The second-order valence-electron chi connectivity index (χ2n) is 5.24. The molecule has 1 aromatic carbocycles. The monoisotopic (exact) mass is 328 g/mol. The van der Waals surface area contributed by atoms with E-state index in [4.69, 9.17) is 0 Å². The van der Waals surface area contributed by atoms with Crippen LogP contribution >= 0.6 is 0 Å². The molecule has 3 aromatic rings. The molecule has 0 saturated heterocycles. The number of aromatic amines is 1. The number of anilines is 2. The number of carbonyl (C=O) groups excluding carboxylic acids is 2. The van der Waals surface area contributed by atoms with Crippen molar-refractivity contribution in [3.63, 3.8) is 0 Å². The van der Waals surface area contributed by atoms with Gasteiger partial charge in [0.1, 0.15) is 12.1 Å². The van der Waals surface area contributed by atoms with Crippen molar-refractivity contribution in [3.05, 3.63) is 30.7 Å². The lowest BCUT2D eigenvalue weighted by atomic mass is 10.2. The summed E-state index contributed by atoms with van der Waals surface area (Å²) in [5.41, 5.74) is 2.11. The highest BCUT2D eigenvalue weighted by Crippen LogP contribution is 2.19. The molecule has 3 N–H and O–H groups in total. The predicted molar refractivity (Wildman–Crippen MR) is 87.5 cm³/mol. The van der Waals surface area contributed by atoms with Crippen molar-refractivity contribution in [2.75, 3.05) is 24.7 Å². The Bertz CT molecular complexity index is 882. The predicted octanol–water partition coefficient (Wildman–Crippen LogP) is 0.887. The van der Waals surface area contributed by atoms with Crippen LogP contribution in [0.25, 0.3) is 11.0 Å². The molecule has 0 fully saturated rings. The van der Waals surface area contributed by atoms with Crippen molar-refractivity contribution < 1.29 is 9.59 Å².